The summed E-state index contributed by atoms with van der Waals surface area (Å²) in [4.78, 5) is 25.1. The van der Waals surface area contributed by atoms with E-state index in [-0.39, 0.29) is 48.3 Å². The SMILES string of the molecule is CCCCCCCCCCCCCCCCC/C=C/COC(=O)c1cccc(S(=O)(=O)[O-])c1C(=O)OC/C=C/CCCCCCCCCCCCCCCCC.[Na+]. The number of benzene rings is 1. The zero-order valence-corrected chi connectivity index (χ0v) is 39.7. The van der Waals surface area contributed by atoms with Crippen LogP contribution in [0.15, 0.2) is 47.4 Å². The van der Waals surface area contributed by atoms with E-state index >= 15 is 0 Å². The maximum absolute atomic E-state index is 13.0. The Morgan fingerprint density at radius 1 is 0.491 bits per heavy atom. The molecule has 0 aliphatic rings. The van der Waals surface area contributed by atoms with Crippen LogP contribution in [0, 0.1) is 0 Å². The van der Waals surface area contributed by atoms with Gasteiger partial charge in [0.05, 0.1) is 16.0 Å². The van der Waals surface area contributed by atoms with Gasteiger partial charge in [-0.2, -0.15) is 0 Å². The smallest absolute Gasteiger partial charge is 0.744 e. The summed E-state index contributed by atoms with van der Waals surface area (Å²) in [6, 6.07) is 3.54. The van der Waals surface area contributed by atoms with E-state index in [0.717, 1.165) is 38.2 Å². The molecular formula is C48H81NaO7S. The first-order valence-electron chi connectivity index (χ1n) is 23.1. The van der Waals surface area contributed by atoms with E-state index in [4.69, 9.17) is 9.47 Å². The van der Waals surface area contributed by atoms with Gasteiger partial charge in [0, 0.05) is 0 Å². The first-order valence-corrected chi connectivity index (χ1v) is 24.5. The summed E-state index contributed by atoms with van der Waals surface area (Å²) >= 11 is 0. The van der Waals surface area contributed by atoms with Crippen LogP contribution < -0.4 is 29.6 Å². The monoisotopic (exact) mass is 825 g/mol. The molecule has 0 saturated carbocycles. The summed E-state index contributed by atoms with van der Waals surface area (Å²) in [5, 5.41) is 0. The number of hydrogen-bond donors (Lipinski definition) is 0. The Morgan fingerprint density at radius 2 is 0.807 bits per heavy atom. The van der Waals surface area contributed by atoms with Crippen molar-refractivity contribution in [2.24, 2.45) is 0 Å². The van der Waals surface area contributed by atoms with E-state index in [2.05, 4.69) is 13.8 Å². The minimum Gasteiger partial charge on any atom is -0.744 e. The Hall–Kier alpha value is -1.45. The predicted octanol–water partition coefficient (Wildman–Crippen LogP) is 11.5. The van der Waals surface area contributed by atoms with Crippen LogP contribution in [0.4, 0.5) is 0 Å². The molecule has 0 fully saturated rings. The Morgan fingerprint density at radius 3 is 1.14 bits per heavy atom. The molecule has 0 saturated heterocycles. The van der Waals surface area contributed by atoms with Crippen LogP contribution in [0.2, 0.25) is 0 Å². The molecule has 0 aromatic heterocycles. The summed E-state index contributed by atoms with van der Waals surface area (Å²) in [6.07, 6.45) is 48.5. The van der Waals surface area contributed by atoms with Crippen LogP contribution in [0.1, 0.15) is 240 Å². The molecule has 322 valence electrons. The van der Waals surface area contributed by atoms with Gasteiger partial charge in [0.15, 0.2) is 0 Å². The summed E-state index contributed by atoms with van der Waals surface area (Å²) in [5.41, 5.74) is -0.880. The summed E-state index contributed by atoms with van der Waals surface area (Å²) in [6.45, 7) is 4.40. The molecule has 0 bridgehead atoms. The van der Waals surface area contributed by atoms with Crippen molar-refractivity contribution in [2.75, 3.05) is 13.2 Å². The van der Waals surface area contributed by atoms with E-state index < -0.39 is 32.5 Å². The van der Waals surface area contributed by atoms with Gasteiger partial charge in [-0.25, -0.2) is 18.0 Å². The number of unbranched alkanes of at least 4 members (excludes halogenated alkanes) is 30. The number of carbonyl (C=O) groups excluding carboxylic acids is 2. The number of esters is 2. The third-order valence-electron chi connectivity index (χ3n) is 10.6. The molecule has 0 aliphatic heterocycles. The van der Waals surface area contributed by atoms with Crippen molar-refractivity contribution in [3.8, 4) is 0 Å². The van der Waals surface area contributed by atoms with E-state index in [0.29, 0.717) is 0 Å². The molecule has 0 aliphatic carbocycles. The van der Waals surface area contributed by atoms with Crippen molar-refractivity contribution in [1.82, 2.24) is 0 Å². The molecule has 1 rings (SSSR count). The molecule has 0 N–H and O–H groups in total. The van der Waals surface area contributed by atoms with Crippen molar-refractivity contribution in [1.29, 1.82) is 0 Å². The van der Waals surface area contributed by atoms with Gasteiger partial charge in [0.25, 0.3) is 0 Å². The molecule has 57 heavy (non-hydrogen) atoms. The van der Waals surface area contributed by atoms with Gasteiger partial charge in [-0.1, -0.05) is 224 Å². The standard InChI is InChI=1S/C48H82O7S.Na/c1-3-5-7-9-11-13-15-17-19-21-23-25-27-29-31-33-35-37-42-54-47(49)44-40-39-41-45(56(51,52)53)46(44)48(50)55-43-38-36-34-32-30-28-26-24-22-20-18-16-14-12-10-8-6-4-2;/h35-41H,3-34,42-43H2,1-2H3,(H,51,52,53);/q;+1/p-1/b37-35+,38-36+;. The molecule has 0 unspecified atom stereocenters. The fraction of sp³-hybridized carbons (Fsp3) is 0.750. The Balaban J connectivity index is 0.0000314. The maximum Gasteiger partial charge on any atom is 1.00 e. The van der Waals surface area contributed by atoms with Crippen LogP contribution in [0.25, 0.3) is 0 Å². The van der Waals surface area contributed by atoms with Crippen LogP contribution in [-0.4, -0.2) is 38.1 Å². The Bertz CT molecular complexity index is 1280. The fourth-order valence-corrected chi connectivity index (χ4v) is 7.84. The van der Waals surface area contributed by atoms with Crippen molar-refractivity contribution in [3.63, 3.8) is 0 Å². The van der Waals surface area contributed by atoms with E-state index in [1.807, 2.05) is 12.2 Å². The fourth-order valence-electron chi connectivity index (χ4n) is 7.16. The molecule has 1 aromatic rings. The largest absolute Gasteiger partial charge is 1.00 e. The van der Waals surface area contributed by atoms with E-state index in [1.165, 1.54) is 185 Å². The maximum atomic E-state index is 13.0. The van der Waals surface area contributed by atoms with Gasteiger partial charge in [-0.15, -0.1) is 0 Å². The number of rotatable bonds is 39. The van der Waals surface area contributed by atoms with Gasteiger partial charge in [-0.3, -0.25) is 0 Å². The van der Waals surface area contributed by atoms with Crippen molar-refractivity contribution in [3.05, 3.63) is 53.6 Å². The normalized spacial score (nSPS) is 11.7. The molecule has 0 atom stereocenters. The van der Waals surface area contributed by atoms with E-state index in [1.54, 1.807) is 12.2 Å². The van der Waals surface area contributed by atoms with Gasteiger partial charge in [0.1, 0.15) is 23.3 Å². The summed E-state index contributed by atoms with van der Waals surface area (Å²) in [5.74, 6) is -1.94. The molecule has 1 aromatic carbocycles. The van der Waals surface area contributed by atoms with Crippen molar-refractivity contribution >= 4 is 22.1 Å². The number of ether oxygens (including phenoxy) is 2. The zero-order chi connectivity index (χ0) is 40.8. The zero-order valence-electron chi connectivity index (χ0n) is 36.8. The number of hydrogen-bond acceptors (Lipinski definition) is 7. The molecule has 7 nitrogen and oxygen atoms in total. The van der Waals surface area contributed by atoms with Crippen LogP contribution >= 0.6 is 0 Å². The topological polar surface area (TPSA) is 110 Å². The van der Waals surface area contributed by atoms with E-state index in [9.17, 15) is 22.6 Å². The second kappa shape index (κ2) is 40.0. The second-order valence-corrected chi connectivity index (χ2v) is 17.1. The summed E-state index contributed by atoms with van der Waals surface area (Å²) in [7, 11) is -5.04. The first kappa shape index (κ1) is 55.5. The number of allylic oxidation sites excluding steroid dienone is 2. The van der Waals surface area contributed by atoms with Crippen LogP contribution in [0.5, 0.6) is 0 Å². The summed E-state index contributed by atoms with van der Waals surface area (Å²) < 4.78 is 46.5. The average molecular weight is 825 g/mol. The minimum atomic E-state index is -5.04. The van der Waals surface area contributed by atoms with Gasteiger partial charge >= 0.3 is 41.5 Å². The van der Waals surface area contributed by atoms with Gasteiger partial charge in [0.2, 0.25) is 0 Å². The molecular weight excluding hydrogens is 744 g/mol. The quantitative estimate of drug-likeness (QED) is 0.0214. The molecule has 0 heterocycles. The Labute approximate surface area is 372 Å². The average Bonchev–Trinajstić information content (AvgIpc) is 3.18. The number of carbonyl (C=O) groups is 2. The second-order valence-electron chi connectivity index (χ2n) is 15.7. The van der Waals surface area contributed by atoms with Crippen LogP contribution in [0.3, 0.4) is 0 Å². The molecule has 0 spiro atoms. The third-order valence-corrected chi connectivity index (χ3v) is 11.5. The van der Waals surface area contributed by atoms with Gasteiger partial charge < -0.3 is 14.0 Å². The molecule has 0 radical (unpaired) electrons. The third kappa shape index (κ3) is 32.1. The molecule has 9 heteroatoms. The van der Waals surface area contributed by atoms with Crippen molar-refractivity contribution in [2.45, 2.75) is 224 Å². The Kier molecular flexibility index (Phi) is 39.0. The van der Waals surface area contributed by atoms with Crippen molar-refractivity contribution < 1.29 is 61.6 Å². The minimum absolute atomic E-state index is 0. The van der Waals surface area contributed by atoms with Gasteiger partial charge in [-0.05, 0) is 37.8 Å². The predicted molar refractivity (Wildman–Crippen MR) is 232 cm³/mol. The molecule has 0 amide bonds. The van der Waals surface area contributed by atoms with Crippen LogP contribution in [-0.2, 0) is 19.6 Å². The first-order chi connectivity index (χ1) is 27.3.